The van der Waals surface area contributed by atoms with Crippen LogP contribution in [0.1, 0.15) is 23.7 Å². The van der Waals surface area contributed by atoms with Crippen LogP contribution >= 0.6 is 0 Å². The van der Waals surface area contributed by atoms with Gasteiger partial charge in [-0.15, -0.1) is 0 Å². The molecule has 1 amide bonds. The van der Waals surface area contributed by atoms with Crippen molar-refractivity contribution in [3.63, 3.8) is 0 Å². The predicted molar refractivity (Wildman–Crippen MR) is 65.4 cm³/mol. The zero-order valence-electron chi connectivity index (χ0n) is 10.4. The Hall–Kier alpha value is -1.73. The van der Waals surface area contributed by atoms with Crippen molar-refractivity contribution in [3.8, 4) is 0 Å². The van der Waals surface area contributed by atoms with Crippen molar-refractivity contribution in [2.24, 2.45) is 0 Å². The molecule has 0 aliphatic carbocycles. The second-order valence-electron chi connectivity index (χ2n) is 4.26. The molecule has 0 aliphatic heterocycles. The molecule has 1 aromatic rings. The molecule has 0 heterocycles. The summed E-state index contributed by atoms with van der Waals surface area (Å²) < 4.78 is 26.8. The number of amides is 1. The molecule has 5 nitrogen and oxygen atoms in total. The maximum absolute atomic E-state index is 13.6. The highest BCUT2D eigenvalue weighted by Crippen LogP contribution is 2.19. The van der Waals surface area contributed by atoms with Crippen LogP contribution in [0.5, 0.6) is 0 Å². The van der Waals surface area contributed by atoms with E-state index in [4.69, 9.17) is 5.73 Å². The Bertz CT molecular complexity index is 468. The molecule has 0 bridgehead atoms. The highest BCUT2D eigenvalue weighted by atomic mass is 19.1. The summed E-state index contributed by atoms with van der Waals surface area (Å²) in [5, 5.41) is 20.7. The van der Waals surface area contributed by atoms with Crippen molar-refractivity contribution < 1.29 is 23.8 Å². The van der Waals surface area contributed by atoms with Gasteiger partial charge in [-0.3, -0.25) is 4.79 Å². The van der Waals surface area contributed by atoms with Gasteiger partial charge in [-0.1, -0.05) is 6.92 Å². The number of halogens is 2. The quantitative estimate of drug-likeness (QED) is 0.585. The highest BCUT2D eigenvalue weighted by Gasteiger charge is 2.30. The molecule has 1 rings (SSSR count). The third kappa shape index (κ3) is 3.18. The Morgan fingerprint density at radius 2 is 1.95 bits per heavy atom. The Morgan fingerprint density at radius 3 is 2.42 bits per heavy atom. The van der Waals surface area contributed by atoms with Gasteiger partial charge in [-0.2, -0.15) is 0 Å². The number of anilines is 1. The van der Waals surface area contributed by atoms with E-state index < -0.39 is 47.5 Å². The lowest BCUT2D eigenvalue weighted by atomic mass is 9.97. The molecule has 0 spiro atoms. The number of carbonyl (C=O) groups excluding carboxylic acids is 1. The summed E-state index contributed by atoms with van der Waals surface area (Å²) in [5.74, 6) is -2.84. The van der Waals surface area contributed by atoms with Crippen LogP contribution in [0.3, 0.4) is 0 Å². The molecule has 106 valence electrons. The summed E-state index contributed by atoms with van der Waals surface area (Å²) in [6, 6.07) is 1.47. The number of nitrogens with one attached hydrogen (secondary N) is 1. The zero-order chi connectivity index (χ0) is 14.6. The van der Waals surface area contributed by atoms with Gasteiger partial charge in [0.05, 0.1) is 30.0 Å². The summed E-state index contributed by atoms with van der Waals surface area (Å²) in [6.45, 7) is 0.569. The fourth-order valence-electron chi connectivity index (χ4n) is 1.52. The maximum Gasteiger partial charge on any atom is 0.255 e. The van der Waals surface area contributed by atoms with Gasteiger partial charge in [0.25, 0.3) is 5.91 Å². The fourth-order valence-corrected chi connectivity index (χ4v) is 1.52. The average molecular weight is 274 g/mol. The van der Waals surface area contributed by atoms with E-state index in [2.05, 4.69) is 5.32 Å². The highest BCUT2D eigenvalue weighted by molar-refractivity contribution is 5.96. The standard InChI is InChI=1S/C12H16F2N2O3/c1-2-12(5-17,6-18)16-11(19)8-3-7(13)4-9(15)10(8)14/h3-4,17-18H,2,5-6,15H2,1H3,(H,16,19). The van der Waals surface area contributed by atoms with Crippen LogP contribution in [0.25, 0.3) is 0 Å². The summed E-state index contributed by atoms with van der Waals surface area (Å²) >= 11 is 0. The average Bonchev–Trinajstić information content (AvgIpc) is 2.40. The van der Waals surface area contributed by atoms with E-state index >= 15 is 0 Å². The lowest BCUT2D eigenvalue weighted by Gasteiger charge is -2.29. The van der Waals surface area contributed by atoms with E-state index in [1.807, 2.05) is 0 Å². The number of nitrogens with two attached hydrogens (primary N) is 1. The number of hydrogen-bond acceptors (Lipinski definition) is 4. The smallest absolute Gasteiger partial charge is 0.255 e. The number of aliphatic hydroxyl groups excluding tert-OH is 2. The van der Waals surface area contributed by atoms with Crippen LogP contribution in [-0.2, 0) is 0 Å². The molecule has 1 aromatic carbocycles. The van der Waals surface area contributed by atoms with Gasteiger partial charge < -0.3 is 21.3 Å². The molecule has 0 fully saturated rings. The molecule has 7 heteroatoms. The third-order valence-corrected chi connectivity index (χ3v) is 2.97. The van der Waals surface area contributed by atoms with Crippen LogP contribution in [0.15, 0.2) is 12.1 Å². The first-order chi connectivity index (χ1) is 8.89. The van der Waals surface area contributed by atoms with Gasteiger partial charge in [0.15, 0.2) is 5.82 Å². The van der Waals surface area contributed by atoms with E-state index in [0.29, 0.717) is 6.07 Å². The number of nitrogen functional groups attached to an aromatic ring is 1. The van der Waals surface area contributed by atoms with Gasteiger partial charge in [0.2, 0.25) is 0 Å². The molecule has 0 unspecified atom stereocenters. The lowest BCUT2D eigenvalue weighted by molar-refractivity contribution is 0.0649. The predicted octanol–water partition coefficient (Wildman–Crippen LogP) is 0.410. The van der Waals surface area contributed by atoms with E-state index in [1.54, 1.807) is 6.92 Å². The number of carbonyl (C=O) groups is 1. The normalized spacial score (nSPS) is 11.4. The maximum atomic E-state index is 13.6. The van der Waals surface area contributed by atoms with Crippen LogP contribution in [0, 0.1) is 11.6 Å². The topological polar surface area (TPSA) is 95.6 Å². The second kappa shape index (κ2) is 5.94. The first kappa shape index (κ1) is 15.3. The fraction of sp³-hybridized carbons (Fsp3) is 0.417. The van der Waals surface area contributed by atoms with Crippen molar-refractivity contribution in [2.45, 2.75) is 18.9 Å². The van der Waals surface area contributed by atoms with E-state index in [1.165, 1.54) is 0 Å². The molecule has 5 N–H and O–H groups in total. The Labute approximate surface area is 109 Å². The number of hydrogen-bond donors (Lipinski definition) is 4. The van der Waals surface area contributed by atoms with Crippen molar-refractivity contribution in [1.29, 1.82) is 0 Å². The van der Waals surface area contributed by atoms with Crippen LogP contribution < -0.4 is 11.1 Å². The van der Waals surface area contributed by atoms with E-state index in [0.717, 1.165) is 6.07 Å². The molecule has 0 saturated carbocycles. The molecular formula is C12H16F2N2O3. The second-order valence-corrected chi connectivity index (χ2v) is 4.26. The summed E-state index contributed by atoms with van der Waals surface area (Å²) in [6.07, 6.45) is 0.220. The van der Waals surface area contributed by atoms with Crippen LogP contribution in [0.4, 0.5) is 14.5 Å². The first-order valence-corrected chi connectivity index (χ1v) is 5.68. The third-order valence-electron chi connectivity index (χ3n) is 2.97. The monoisotopic (exact) mass is 274 g/mol. The Kier molecular flexibility index (Phi) is 4.79. The van der Waals surface area contributed by atoms with E-state index in [-0.39, 0.29) is 6.42 Å². The van der Waals surface area contributed by atoms with Gasteiger partial charge in [-0.05, 0) is 18.6 Å². The molecule has 0 atom stereocenters. The zero-order valence-corrected chi connectivity index (χ0v) is 10.4. The van der Waals surface area contributed by atoms with Gasteiger partial charge in [0, 0.05) is 0 Å². The molecule has 0 aliphatic rings. The molecule has 0 saturated heterocycles. The molecular weight excluding hydrogens is 258 g/mol. The van der Waals surface area contributed by atoms with E-state index in [9.17, 15) is 23.8 Å². The molecule has 19 heavy (non-hydrogen) atoms. The van der Waals surface area contributed by atoms with Crippen molar-refractivity contribution >= 4 is 11.6 Å². The Balaban J connectivity index is 3.08. The minimum absolute atomic E-state index is 0.220. The largest absolute Gasteiger partial charge is 0.396 e. The molecule has 0 aromatic heterocycles. The van der Waals surface area contributed by atoms with Gasteiger partial charge in [-0.25, -0.2) is 8.78 Å². The SMILES string of the molecule is CCC(CO)(CO)NC(=O)c1cc(F)cc(N)c1F. The minimum Gasteiger partial charge on any atom is -0.396 e. The van der Waals surface area contributed by atoms with Gasteiger partial charge in [0.1, 0.15) is 5.82 Å². The van der Waals surface area contributed by atoms with Crippen LogP contribution in [-0.4, -0.2) is 34.9 Å². The van der Waals surface area contributed by atoms with Crippen molar-refractivity contribution in [1.82, 2.24) is 5.32 Å². The molecule has 0 radical (unpaired) electrons. The summed E-state index contributed by atoms with van der Waals surface area (Å²) in [5.41, 5.74) is 2.88. The number of benzene rings is 1. The summed E-state index contributed by atoms with van der Waals surface area (Å²) in [7, 11) is 0. The minimum atomic E-state index is -1.29. The first-order valence-electron chi connectivity index (χ1n) is 5.68. The Morgan fingerprint density at radius 1 is 1.37 bits per heavy atom. The van der Waals surface area contributed by atoms with Crippen molar-refractivity contribution in [3.05, 3.63) is 29.3 Å². The number of aliphatic hydroxyl groups is 2. The van der Waals surface area contributed by atoms with Gasteiger partial charge >= 0.3 is 0 Å². The summed E-state index contributed by atoms with van der Waals surface area (Å²) in [4.78, 5) is 11.9. The number of rotatable bonds is 5. The van der Waals surface area contributed by atoms with Crippen LogP contribution in [0.2, 0.25) is 0 Å². The lowest BCUT2D eigenvalue weighted by Crippen LogP contribution is -2.54. The van der Waals surface area contributed by atoms with Crippen molar-refractivity contribution in [2.75, 3.05) is 18.9 Å².